The predicted molar refractivity (Wildman–Crippen MR) is 92.9 cm³/mol. The van der Waals surface area contributed by atoms with Crippen molar-refractivity contribution in [1.29, 1.82) is 0 Å². The van der Waals surface area contributed by atoms with Gasteiger partial charge >= 0.3 is 5.97 Å². The summed E-state index contributed by atoms with van der Waals surface area (Å²) in [5.41, 5.74) is 0.324. The van der Waals surface area contributed by atoms with Gasteiger partial charge in [-0.15, -0.1) is 11.3 Å². The fraction of sp³-hybridized carbons (Fsp3) is 0.0588. The molecule has 0 bridgehead atoms. The Balaban J connectivity index is 1.75. The fourth-order valence-electron chi connectivity index (χ4n) is 2.11. The number of esters is 1. The van der Waals surface area contributed by atoms with Crippen LogP contribution in [0.1, 0.15) is 20.0 Å². The first kappa shape index (κ1) is 16.0. The standard InChI is InChI=1S/C17H10Cl2O3S/c18-12-7-3-1-5-10(12)13(20)9-22-17(21)16-15(19)11-6-2-4-8-14(11)23-16/h1-8H,9H2. The molecule has 0 spiro atoms. The Bertz CT molecular complexity index is 902. The molecule has 2 aromatic carbocycles. The molecule has 0 atom stereocenters. The number of ether oxygens (including phenoxy) is 1. The van der Waals surface area contributed by atoms with Gasteiger partial charge in [0.1, 0.15) is 4.88 Å². The third-order valence-corrected chi connectivity index (χ3v) is 5.21. The zero-order chi connectivity index (χ0) is 16.4. The quantitative estimate of drug-likeness (QED) is 0.469. The van der Waals surface area contributed by atoms with Crippen LogP contribution >= 0.6 is 34.5 Å². The van der Waals surface area contributed by atoms with Gasteiger partial charge in [-0.3, -0.25) is 4.79 Å². The Morgan fingerprint density at radius 1 is 1.00 bits per heavy atom. The fourth-order valence-corrected chi connectivity index (χ4v) is 3.75. The number of hydrogen-bond acceptors (Lipinski definition) is 4. The summed E-state index contributed by atoms with van der Waals surface area (Å²) in [6.45, 7) is -0.382. The number of benzene rings is 2. The average molecular weight is 365 g/mol. The van der Waals surface area contributed by atoms with Gasteiger partial charge in [0.15, 0.2) is 6.61 Å². The predicted octanol–water partition coefficient (Wildman–Crippen LogP) is 5.25. The average Bonchev–Trinajstić information content (AvgIpc) is 2.90. The molecule has 0 aliphatic heterocycles. The zero-order valence-corrected chi connectivity index (χ0v) is 14.0. The Morgan fingerprint density at radius 3 is 2.43 bits per heavy atom. The first-order chi connectivity index (χ1) is 11.1. The van der Waals surface area contributed by atoms with Crippen molar-refractivity contribution in [2.75, 3.05) is 6.61 Å². The summed E-state index contributed by atoms with van der Waals surface area (Å²) < 4.78 is 5.98. The SMILES string of the molecule is O=C(COC(=O)c1sc2ccccc2c1Cl)c1ccccc1Cl. The highest BCUT2D eigenvalue weighted by Gasteiger charge is 2.20. The van der Waals surface area contributed by atoms with E-state index in [2.05, 4.69) is 0 Å². The van der Waals surface area contributed by atoms with Gasteiger partial charge in [0.25, 0.3) is 0 Å². The van der Waals surface area contributed by atoms with Crippen LogP contribution < -0.4 is 0 Å². The molecule has 116 valence electrons. The molecule has 0 radical (unpaired) electrons. The summed E-state index contributed by atoms with van der Waals surface area (Å²) in [7, 11) is 0. The van der Waals surface area contributed by atoms with E-state index < -0.39 is 5.97 Å². The van der Waals surface area contributed by atoms with Crippen LogP contribution in [0.25, 0.3) is 10.1 Å². The van der Waals surface area contributed by atoms with Crippen molar-refractivity contribution < 1.29 is 14.3 Å². The Hall–Kier alpha value is -1.88. The van der Waals surface area contributed by atoms with Crippen molar-refractivity contribution in [3.05, 3.63) is 69.0 Å². The van der Waals surface area contributed by atoms with Crippen molar-refractivity contribution in [2.24, 2.45) is 0 Å². The van der Waals surface area contributed by atoms with E-state index in [-0.39, 0.29) is 12.4 Å². The molecule has 23 heavy (non-hydrogen) atoms. The summed E-state index contributed by atoms with van der Waals surface area (Å²) in [4.78, 5) is 24.5. The van der Waals surface area contributed by atoms with Crippen LogP contribution in [0.3, 0.4) is 0 Å². The number of thiophene rings is 1. The lowest BCUT2D eigenvalue weighted by atomic mass is 10.1. The van der Waals surface area contributed by atoms with Crippen LogP contribution in [-0.4, -0.2) is 18.4 Å². The van der Waals surface area contributed by atoms with Crippen molar-refractivity contribution >= 4 is 56.4 Å². The lowest BCUT2D eigenvalue weighted by Crippen LogP contribution is -2.14. The minimum atomic E-state index is -0.614. The molecule has 0 fully saturated rings. The number of rotatable bonds is 4. The lowest BCUT2D eigenvalue weighted by molar-refractivity contribution is 0.0480. The van der Waals surface area contributed by atoms with Gasteiger partial charge in [0.05, 0.1) is 10.0 Å². The molecule has 0 saturated heterocycles. The van der Waals surface area contributed by atoms with Crippen LogP contribution in [0.5, 0.6) is 0 Å². The summed E-state index contributed by atoms with van der Waals surface area (Å²) in [5, 5.41) is 1.47. The molecular formula is C17H10Cl2O3S. The van der Waals surface area contributed by atoms with Crippen molar-refractivity contribution in [3.8, 4) is 0 Å². The molecule has 3 rings (SSSR count). The van der Waals surface area contributed by atoms with Crippen LogP contribution in [-0.2, 0) is 4.74 Å². The van der Waals surface area contributed by atoms with Gasteiger partial charge in [0, 0.05) is 15.6 Å². The largest absolute Gasteiger partial charge is 0.453 e. The number of fused-ring (bicyclic) bond motifs is 1. The molecule has 1 aromatic heterocycles. The Kier molecular flexibility index (Phi) is 4.66. The molecule has 0 aliphatic carbocycles. The van der Waals surface area contributed by atoms with Crippen LogP contribution in [0.4, 0.5) is 0 Å². The molecular weight excluding hydrogens is 355 g/mol. The highest BCUT2D eigenvalue weighted by Crippen LogP contribution is 2.35. The van der Waals surface area contributed by atoms with E-state index in [0.717, 1.165) is 10.1 Å². The molecule has 0 unspecified atom stereocenters. The van der Waals surface area contributed by atoms with E-state index in [1.165, 1.54) is 11.3 Å². The van der Waals surface area contributed by atoms with Gasteiger partial charge in [-0.05, 0) is 18.2 Å². The second-order valence-electron chi connectivity index (χ2n) is 4.72. The first-order valence-electron chi connectivity index (χ1n) is 6.70. The molecule has 3 aromatic rings. The smallest absolute Gasteiger partial charge is 0.350 e. The molecule has 6 heteroatoms. The highest BCUT2D eigenvalue weighted by atomic mass is 35.5. The minimum absolute atomic E-state index is 0.292. The summed E-state index contributed by atoms with van der Waals surface area (Å²) in [6.07, 6.45) is 0. The maximum Gasteiger partial charge on any atom is 0.350 e. The number of Topliss-reactive ketones (excluding diaryl/α,β-unsaturated/α-hetero) is 1. The number of ketones is 1. The third-order valence-electron chi connectivity index (χ3n) is 3.23. The van der Waals surface area contributed by atoms with Crippen molar-refractivity contribution in [2.45, 2.75) is 0 Å². The molecule has 0 amide bonds. The van der Waals surface area contributed by atoms with E-state index in [1.807, 2.05) is 24.3 Å². The number of carbonyl (C=O) groups is 2. The molecule has 0 saturated carbocycles. The number of halogens is 2. The third kappa shape index (κ3) is 3.24. The summed E-state index contributed by atoms with van der Waals surface area (Å²) in [5.74, 6) is -0.974. The maximum absolute atomic E-state index is 12.2. The van der Waals surface area contributed by atoms with Crippen LogP contribution in [0, 0.1) is 0 Å². The normalized spacial score (nSPS) is 10.7. The second-order valence-corrected chi connectivity index (χ2v) is 6.56. The van der Waals surface area contributed by atoms with Gasteiger partial charge in [-0.1, -0.05) is 53.5 Å². The maximum atomic E-state index is 12.2. The lowest BCUT2D eigenvalue weighted by Gasteiger charge is -2.04. The summed E-state index contributed by atoms with van der Waals surface area (Å²) in [6, 6.07) is 14.0. The van der Waals surface area contributed by atoms with E-state index in [9.17, 15) is 9.59 Å². The number of hydrogen-bond donors (Lipinski definition) is 0. The van der Waals surface area contributed by atoms with Gasteiger partial charge < -0.3 is 4.74 Å². The van der Waals surface area contributed by atoms with Crippen molar-refractivity contribution in [3.63, 3.8) is 0 Å². The summed E-state index contributed by atoms with van der Waals surface area (Å²) >= 11 is 13.4. The highest BCUT2D eigenvalue weighted by molar-refractivity contribution is 7.21. The van der Waals surface area contributed by atoms with E-state index in [0.29, 0.717) is 20.5 Å². The molecule has 1 heterocycles. The molecule has 3 nitrogen and oxygen atoms in total. The second kappa shape index (κ2) is 6.71. The topological polar surface area (TPSA) is 43.4 Å². The number of carbonyl (C=O) groups excluding carboxylic acids is 2. The van der Waals surface area contributed by atoms with Crippen molar-refractivity contribution in [1.82, 2.24) is 0 Å². The Morgan fingerprint density at radius 2 is 1.70 bits per heavy atom. The minimum Gasteiger partial charge on any atom is -0.453 e. The Labute approximate surface area is 146 Å². The van der Waals surface area contributed by atoms with E-state index in [4.69, 9.17) is 27.9 Å². The van der Waals surface area contributed by atoms with E-state index >= 15 is 0 Å². The van der Waals surface area contributed by atoms with Gasteiger partial charge in [0.2, 0.25) is 5.78 Å². The van der Waals surface area contributed by atoms with Crippen LogP contribution in [0.2, 0.25) is 10.0 Å². The zero-order valence-electron chi connectivity index (χ0n) is 11.7. The first-order valence-corrected chi connectivity index (χ1v) is 8.27. The molecule has 0 N–H and O–H groups in total. The van der Waals surface area contributed by atoms with Gasteiger partial charge in [-0.25, -0.2) is 4.79 Å². The monoisotopic (exact) mass is 364 g/mol. The van der Waals surface area contributed by atoms with Gasteiger partial charge in [-0.2, -0.15) is 0 Å². The van der Waals surface area contributed by atoms with Crippen LogP contribution in [0.15, 0.2) is 48.5 Å². The van der Waals surface area contributed by atoms with E-state index in [1.54, 1.807) is 24.3 Å². The molecule has 0 aliphatic rings.